The summed E-state index contributed by atoms with van der Waals surface area (Å²) in [4.78, 5) is 2.48. The molecule has 1 aliphatic heterocycles. The van der Waals surface area contributed by atoms with E-state index in [4.69, 9.17) is 0 Å². The van der Waals surface area contributed by atoms with Crippen LogP contribution in [0.15, 0.2) is 28.7 Å². The van der Waals surface area contributed by atoms with E-state index in [-0.39, 0.29) is 6.10 Å². The summed E-state index contributed by atoms with van der Waals surface area (Å²) < 4.78 is 1.18. The number of likely N-dealkylation sites (tertiary alicyclic amines) is 1. The third-order valence-corrected chi connectivity index (χ3v) is 5.18. The molecule has 2 N–H and O–H groups in total. The lowest BCUT2D eigenvalue weighted by atomic mass is 10.0. The van der Waals surface area contributed by atoms with Crippen molar-refractivity contribution in [3.8, 4) is 0 Å². The minimum atomic E-state index is -0.178. The van der Waals surface area contributed by atoms with Crippen molar-refractivity contribution in [3.63, 3.8) is 0 Å². The molecule has 1 aromatic rings. The number of nitrogens with zero attached hydrogens (tertiary/aromatic N) is 1. The van der Waals surface area contributed by atoms with Crippen LogP contribution in [-0.2, 0) is 0 Å². The molecule has 1 saturated heterocycles. The quantitative estimate of drug-likeness (QED) is 0.789. The van der Waals surface area contributed by atoms with Crippen LogP contribution in [0.25, 0.3) is 0 Å². The molecule has 1 fully saturated rings. The van der Waals surface area contributed by atoms with Gasteiger partial charge >= 0.3 is 0 Å². The first-order valence-electron chi connectivity index (χ1n) is 8.00. The number of halogens is 1. The molecule has 0 aliphatic carbocycles. The van der Waals surface area contributed by atoms with Gasteiger partial charge in [0.2, 0.25) is 0 Å². The third kappa shape index (κ3) is 4.78. The Morgan fingerprint density at radius 3 is 2.81 bits per heavy atom. The predicted molar refractivity (Wildman–Crippen MR) is 91.4 cm³/mol. The number of hydrogen-bond acceptors (Lipinski definition) is 3. The summed E-state index contributed by atoms with van der Waals surface area (Å²) in [6.45, 7) is 8.28. The second kappa shape index (κ2) is 8.28. The van der Waals surface area contributed by atoms with E-state index >= 15 is 0 Å². The summed E-state index contributed by atoms with van der Waals surface area (Å²) in [5.74, 6) is 0.450. The van der Waals surface area contributed by atoms with Gasteiger partial charge in [0, 0.05) is 17.1 Å². The molecular formula is C17H27BrN2O. The van der Waals surface area contributed by atoms with Gasteiger partial charge in [-0.2, -0.15) is 0 Å². The van der Waals surface area contributed by atoms with Crippen molar-refractivity contribution in [2.45, 2.75) is 38.8 Å². The summed E-state index contributed by atoms with van der Waals surface area (Å²) in [6.07, 6.45) is 2.05. The largest absolute Gasteiger partial charge is 0.393 e. The Labute approximate surface area is 136 Å². The molecule has 1 heterocycles. The van der Waals surface area contributed by atoms with Crippen LogP contribution in [0.1, 0.15) is 38.3 Å². The zero-order valence-electron chi connectivity index (χ0n) is 13.1. The van der Waals surface area contributed by atoms with Gasteiger partial charge in [0.1, 0.15) is 0 Å². The molecule has 0 spiro atoms. The van der Waals surface area contributed by atoms with Crippen molar-refractivity contribution < 1.29 is 5.11 Å². The number of nitrogens with one attached hydrogen (secondary N) is 1. The number of hydrogen-bond donors (Lipinski definition) is 2. The molecule has 0 radical (unpaired) electrons. The SMILES string of the molecule is CCNC(CCN1CCC(C(C)O)C1)c1ccccc1Br. The van der Waals surface area contributed by atoms with Crippen LogP contribution >= 0.6 is 15.9 Å². The van der Waals surface area contributed by atoms with Crippen molar-refractivity contribution in [3.05, 3.63) is 34.3 Å². The lowest BCUT2D eigenvalue weighted by Crippen LogP contribution is -2.29. The van der Waals surface area contributed by atoms with Gasteiger partial charge in [-0.05, 0) is 56.9 Å². The van der Waals surface area contributed by atoms with Crippen LogP contribution in [0, 0.1) is 5.92 Å². The number of rotatable bonds is 7. The van der Waals surface area contributed by atoms with Gasteiger partial charge < -0.3 is 15.3 Å². The van der Waals surface area contributed by atoms with Crippen molar-refractivity contribution in [2.75, 3.05) is 26.2 Å². The van der Waals surface area contributed by atoms with Gasteiger partial charge in [0.25, 0.3) is 0 Å². The van der Waals surface area contributed by atoms with Crippen molar-refractivity contribution in [1.29, 1.82) is 0 Å². The Bertz CT molecular complexity index is 439. The Balaban J connectivity index is 1.91. The topological polar surface area (TPSA) is 35.5 Å². The third-order valence-electron chi connectivity index (χ3n) is 4.46. The maximum absolute atomic E-state index is 9.70. The number of aliphatic hydroxyl groups is 1. The Kier molecular flexibility index (Phi) is 6.68. The first-order valence-corrected chi connectivity index (χ1v) is 8.79. The molecule has 2 rings (SSSR count). The lowest BCUT2D eigenvalue weighted by molar-refractivity contribution is 0.127. The lowest BCUT2D eigenvalue weighted by Gasteiger charge is -2.23. The minimum absolute atomic E-state index is 0.178. The highest BCUT2D eigenvalue weighted by molar-refractivity contribution is 9.10. The summed E-state index contributed by atoms with van der Waals surface area (Å²) in [5.41, 5.74) is 1.34. The van der Waals surface area contributed by atoms with E-state index in [0.29, 0.717) is 12.0 Å². The average molecular weight is 355 g/mol. The highest BCUT2D eigenvalue weighted by atomic mass is 79.9. The fourth-order valence-electron chi connectivity index (χ4n) is 3.14. The molecule has 0 amide bonds. The van der Waals surface area contributed by atoms with Crippen LogP contribution in [0.2, 0.25) is 0 Å². The van der Waals surface area contributed by atoms with E-state index in [0.717, 1.165) is 39.0 Å². The van der Waals surface area contributed by atoms with E-state index in [9.17, 15) is 5.11 Å². The van der Waals surface area contributed by atoms with Gasteiger partial charge in [-0.3, -0.25) is 0 Å². The Morgan fingerprint density at radius 2 is 2.19 bits per heavy atom. The minimum Gasteiger partial charge on any atom is -0.393 e. The molecule has 1 aromatic carbocycles. The standard InChI is InChI=1S/C17H27BrN2O/c1-3-19-17(15-6-4-5-7-16(15)18)9-11-20-10-8-14(12-20)13(2)21/h4-7,13-14,17,19,21H,3,8-12H2,1-2H3. The fourth-order valence-corrected chi connectivity index (χ4v) is 3.70. The molecule has 0 bridgehead atoms. The van der Waals surface area contributed by atoms with Crippen molar-refractivity contribution in [2.24, 2.45) is 5.92 Å². The first-order chi connectivity index (χ1) is 10.1. The fraction of sp³-hybridized carbons (Fsp3) is 0.647. The van der Waals surface area contributed by atoms with E-state index in [1.54, 1.807) is 0 Å². The predicted octanol–water partition coefficient (Wildman–Crippen LogP) is 3.19. The first kappa shape index (κ1) is 16.9. The zero-order chi connectivity index (χ0) is 15.2. The summed E-state index contributed by atoms with van der Waals surface area (Å²) in [6, 6.07) is 8.85. The van der Waals surface area contributed by atoms with E-state index in [1.165, 1.54) is 10.0 Å². The van der Waals surface area contributed by atoms with Crippen LogP contribution in [0.5, 0.6) is 0 Å². The van der Waals surface area contributed by atoms with E-state index in [1.807, 2.05) is 6.92 Å². The molecule has 3 nitrogen and oxygen atoms in total. The van der Waals surface area contributed by atoms with Crippen LogP contribution in [0.4, 0.5) is 0 Å². The average Bonchev–Trinajstić information content (AvgIpc) is 2.93. The molecule has 0 saturated carbocycles. The van der Waals surface area contributed by atoms with Crippen LogP contribution in [0.3, 0.4) is 0 Å². The smallest absolute Gasteiger partial charge is 0.0552 e. The highest BCUT2D eigenvalue weighted by Crippen LogP contribution is 2.27. The van der Waals surface area contributed by atoms with Crippen molar-refractivity contribution in [1.82, 2.24) is 10.2 Å². The van der Waals surface area contributed by atoms with E-state index in [2.05, 4.69) is 57.3 Å². The van der Waals surface area contributed by atoms with E-state index < -0.39 is 0 Å². The second-order valence-electron chi connectivity index (χ2n) is 6.01. The van der Waals surface area contributed by atoms with Crippen LogP contribution in [-0.4, -0.2) is 42.3 Å². The summed E-state index contributed by atoms with van der Waals surface area (Å²) in [7, 11) is 0. The molecule has 3 atom stereocenters. The van der Waals surface area contributed by atoms with Gasteiger partial charge in [0.15, 0.2) is 0 Å². The zero-order valence-corrected chi connectivity index (χ0v) is 14.6. The van der Waals surface area contributed by atoms with Gasteiger partial charge in [-0.25, -0.2) is 0 Å². The number of benzene rings is 1. The molecule has 1 aliphatic rings. The molecule has 4 heteroatoms. The van der Waals surface area contributed by atoms with Crippen molar-refractivity contribution >= 4 is 15.9 Å². The maximum Gasteiger partial charge on any atom is 0.0552 e. The highest BCUT2D eigenvalue weighted by Gasteiger charge is 2.26. The maximum atomic E-state index is 9.70. The Hall–Kier alpha value is -0.420. The van der Waals surface area contributed by atoms with Gasteiger partial charge in [-0.1, -0.05) is 41.1 Å². The molecular weight excluding hydrogens is 328 g/mol. The van der Waals surface area contributed by atoms with Crippen LogP contribution < -0.4 is 5.32 Å². The normalized spacial score (nSPS) is 22.4. The number of aliphatic hydroxyl groups excluding tert-OH is 1. The monoisotopic (exact) mass is 354 g/mol. The molecule has 21 heavy (non-hydrogen) atoms. The molecule has 0 aromatic heterocycles. The Morgan fingerprint density at radius 1 is 1.43 bits per heavy atom. The van der Waals surface area contributed by atoms with Gasteiger partial charge in [-0.15, -0.1) is 0 Å². The summed E-state index contributed by atoms with van der Waals surface area (Å²) in [5, 5.41) is 13.3. The summed E-state index contributed by atoms with van der Waals surface area (Å²) >= 11 is 3.66. The van der Waals surface area contributed by atoms with Gasteiger partial charge in [0.05, 0.1) is 6.10 Å². The molecule has 118 valence electrons. The second-order valence-corrected chi connectivity index (χ2v) is 6.86. The molecule has 3 unspecified atom stereocenters.